The molecule has 1 fully saturated rings. The molecule has 2 aliphatic heterocycles. The summed E-state index contributed by atoms with van der Waals surface area (Å²) < 4.78 is 0.998. The van der Waals surface area contributed by atoms with Crippen molar-refractivity contribution < 1.29 is 0 Å². The van der Waals surface area contributed by atoms with Gasteiger partial charge in [0.15, 0.2) is 0 Å². The predicted octanol–water partition coefficient (Wildman–Crippen LogP) is 4.45. The molecule has 0 saturated carbocycles. The monoisotopic (exact) mass is 375 g/mol. The number of hydrogen-bond donors (Lipinski definition) is 0. The molecule has 1 saturated heterocycles. The molecule has 0 unspecified atom stereocenters. The minimum Gasteiger partial charge on any atom is -0.344 e. The summed E-state index contributed by atoms with van der Waals surface area (Å²) in [5.41, 5.74) is 1.12. The number of nitrogens with zero attached hydrogens (tertiary/aromatic N) is 3. The van der Waals surface area contributed by atoms with Crippen LogP contribution in [0.2, 0.25) is 0 Å². The van der Waals surface area contributed by atoms with Crippen LogP contribution in [0.4, 0.5) is 0 Å². The lowest BCUT2D eigenvalue weighted by Gasteiger charge is -2.29. The maximum absolute atomic E-state index is 6.57. The number of hydrogen-bond acceptors (Lipinski definition) is 5. The SMILES string of the molecule is C=C1SC=CN1/C(CN(C)CN1CCSC1=S)=C(/Cl)CCC. The molecule has 0 radical (unpaired) electrons. The first-order chi connectivity index (χ1) is 10.5. The molecule has 2 rings (SSSR count). The number of likely N-dealkylation sites (N-methyl/N-ethyl adjacent to an activating group) is 1. The minimum absolute atomic E-state index is 0.784. The van der Waals surface area contributed by atoms with Crippen LogP contribution in [0.3, 0.4) is 0 Å². The molecular formula is C15H22ClN3S3. The minimum atomic E-state index is 0.784. The highest BCUT2D eigenvalue weighted by Crippen LogP contribution is 2.34. The fourth-order valence-electron chi connectivity index (χ4n) is 2.36. The first kappa shape index (κ1) is 18.2. The molecular weight excluding hydrogens is 354 g/mol. The Morgan fingerprint density at radius 1 is 1.55 bits per heavy atom. The van der Waals surface area contributed by atoms with Crippen molar-refractivity contribution in [1.29, 1.82) is 0 Å². The van der Waals surface area contributed by atoms with E-state index in [2.05, 4.69) is 35.3 Å². The molecule has 2 heterocycles. The van der Waals surface area contributed by atoms with Crippen molar-refractivity contribution in [2.24, 2.45) is 0 Å². The molecule has 0 aromatic heterocycles. The van der Waals surface area contributed by atoms with Crippen molar-refractivity contribution in [3.8, 4) is 0 Å². The van der Waals surface area contributed by atoms with Crippen molar-refractivity contribution in [3.05, 3.63) is 33.9 Å². The third-order valence-electron chi connectivity index (χ3n) is 3.43. The Labute approximate surface area is 152 Å². The second kappa shape index (κ2) is 8.64. The van der Waals surface area contributed by atoms with E-state index in [0.717, 1.165) is 58.4 Å². The van der Waals surface area contributed by atoms with E-state index < -0.39 is 0 Å². The summed E-state index contributed by atoms with van der Waals surface area (Å²) in [6, 6.07) is 0. The quantitative estimate of drug-likeness (QED) is 0.604. The van der Waals surface area contributed by atoms with E-state index in [0.29, 0.717) is 0 Å². The molecule has 7 heteroatoms. The van der Waals surface area contributed by atoms with E-state index in [-0.39, 0.29) is 0 Å². The molecule has 0 N–H and O–H groups in total. The average molecular weight is 376 g/mol. The number of thioether (sulfide) groups is 2. The lowest BCUT2D eigenvalue weighted by atomic mass is 10.2. The second-order valence-electron chi connectivity index (χ2n) is 5.30. The van der Waals surface area contributed by atoms with E-state index in [1.807, 2.05) is 11.6 Å². The van der Waals surface area contributed by atoms with E-state index in [4.69, 9.17) is 23.8 Å². The largest absolute Gasteiger partial charge is 0.344 e. The molecule has 0 aromatic rings. The van der Waals surface area contributed by atoms with E-state index in [9.17, 15) is 0 Å². The summed E-state index contributed by atoms with van der Waals surface area (Å²) in [7, 11) is 2.11. The lowest BCUT2D eigenvalue weighted by Crippen LogP contribution is -2.38. The molecule has 2 aliphatic rings. The zero-order chi connectivity index (χ0) is 16.1. The maximum Gasteiger partial charge on any atom is 0.137 e. The van der Waals surface area contributed by atoms with Crippen LogP contribution in [0.1, 0.15) is 19.8 Å². The molecule has 0 aliphatic carbocycles. The second-order valence-corrected chi connectivity index (χ2v) is 8.47. The van der Waals surface area contributed by atoms with Crippen LogP contribution in [-0.2, 0) is 0 Å². The fourth-order valence-corrected chi connectivity index (χ4v) is 4.54. The first-order valence-electron chi connectivity index (χ1n) is 7.32. The summed E-state index contributed by atoms with van der Waals surface area (Å²) >= 11 is 15.3. The summed E-state index contributed by atoms with van der Waals surface area (Å²) in [6.45, 7) is 8.90. The molecule has 122 valence electrons. The summed E-state index contributed by atoms with van der Waals surface area (Å²) in [4.78, 5) is 6.61. The molecule has 3 nitrogen and oxygen atoms in total. The number of rotatable bonds is 7. The molecule has 0 atom stereocenters. The van der Waals surface area contributed by atoms with Crippen LogP contribution in [0.5, 0.6) is 0 Å². The number of thiocarbonyl (C=S) groups is 1. The zero-order valence-electron chi connectivity index (χ0n) is 13.0. The van der Waals surface area contributed by atoms with Gasteiger partial charge in [-0.2, -0.15) is 0 Å². The van der Waals surface area contributed by atoms with Crippen LogP contribution in [0.15, 0.2) is 33.9 Å². The molecule has 0 spiro atoms. The third-order valence-corrected chi connectivity index (χ3v) is 6.07. The smallest absolute Gasteiger partial charge is 0.137 e. The first-order valence-corrected chi connectivity index (χ1v) is 9.97. The van der Waals surface area contributed by atoms with Gasteiger partial charge >= 0.3 is 0 Å². The molecule has 22 heavy (non-hydrogen) atoms. The van der Waals surface area contributed by atoms with Crippen LogP contribution in [0.25, 0.3) is 0 Å². The topological polar surface area (TPSA) is 9.72 Å². The van der Waals surface area contributed by atoms with Gasteiger partial charge in [0.05, 0.1) is 17.4 Å². The standard InChI is InChI=1S/C15H22ClN3S3/c1-4-5-13(16)14(19-7-9-21-12(19)2)10-17(3)11-18-6-8-22-15(18)20/h7,9H,2,4-6,8,10-11H2,1,3H3/b14-13+. The Balaban J connectivity index is 2.05. The van der Waals surface area contributed by atoms with Gasteiger partial charge in [-0.3, -0.25) is 4.90 Å². The summed E-state index contributed by atoms with van der Waals surface area (Å²) in [5.74, 6) is 1.09. The van der Waals surface area contributed by atoms with E-state index >= 15 is 0 Å². The summed E-state index contributed by atoms with van der Waals surface area (Å²) in [6.07, 6.45) is 3.98. The number of halogens is 1. The van der Waals surface area contributed by atoms with Gasteiger partial charge in [-0.25, -0.2) is 0 Å². The van der Waals surface area contributed by atoms with Gasteiger partial charge in [0.1, 0.15) is 4.32 Å². The Morgan fingerprint density at radius 3 is 2.86 bits per heavy atom. The van der Waals surface area contributed by atoms with Gasteiger partial charge in [0, 0.05) is 30.1 Å². The fraction of sp³-hybridized carbons (Fsp3) is 0.533. The number of allylic oxidation sites excluding steroid dienone is 1. The van der Waals surface area contributed by atoms with Crippen molar-refractivity contribution in [2.75, 3.05) is 32.6 Å². The Bertz CT molecular complexity index is 504. The van der Waals surface area contributed by atoms with Crippen molar-refractivity contribution >= 4 is 51.7 Å². The van der Waals surface area contributed by atoms with Crippen LogP contribution >= 0.6 is 47.3 Å². The van der Waals surface area contributed by atoms with Gasteiger partial charge < -0.3 is 9.80 Å². The summed E-state index contributed by atoms with van der Waals surface area (Å²) in [5, 5.41) is 3.97. The van der Waals surface area contributed by atoms with Gasteiger partial charge in [-0.15, -0.1) is 0 Å². The molecule has 0 amide bonds. The van der Waals surface area contributed by atoms with Gasteiger partial charge in [-0.1, -0.05) is 67.3 Å². The molecule has 0 bridgehead atoms. The van der Waals surface area contributed by atoms with Gasteiger partial charge in [0.2, 0.25) is 0 Å². The van der Waals surface area contributed by atoms with Crippen LogP contribution in [-0.4, -0.2) is 51.6 Å². The normalized spacial score (nSPS) is 19.6. The Hall–Kier alpha value is -0.140. The average Bonchev–Trinajstić information content (AvgIpc) is 3.06. The van der Waals surface area contributed by atoms with Gasteiger partial charge in [-0.05, 0) is 18.9 Å². The highest BCUT2D eigenvalue weighted by molar-refractivity contribution is 8.23. The highest BCUT2D eigenvalue weighted by Gasteiger charge is 2.22. The van der Waals surface area contributed by atoms with Crippen molar-refractivity contribution in [3.63, 3.8) is 0 Å². The predicted molar refractivity (Wildman–Crippen MR) is 105 cm³/mol. The van der Waals surface area contributed by atoms with Crippen LogP contribution in [0, 0.1) is 0 Å². The van der Waals surface area contributed by atoms with E-state index in [1.165, 1.54) is 0 Å². The van der Waals surface area contributed by atoms with Crippen LogP contribution < -0.4 is 0 Å². The van der Waals surface area contributed by atoms with Crippen molar-refractivity contribution in [2.45, 2.75) is 19.8 Å². The maximum atomic E-state index is 6.57. The molecule has 0 aromatic carbocycles. The zero-order valence-corrected chi connectivity index (χ0v) is 16.3. The Kier molecular flexibility index (Phi) is 7.15. The van der Waals surface area contributed by atoms with Gasteiger partial charge in [0.25, 0.3) is 0 Å². The highest BCUT2D eigenvalue weighted by atomic mass is 35.5. The lowest BCUT2D eigenvalue weighted by molar-refractivity contribution is 0.241. The van der Waals surface area contributed by atoms with E-state index in [1.54, 1.807) is 23.5 Å². The Morgan fingerprint density at radius 2 is 2.32 bits per heavy atom. The third kappa shape index (κ3) is 4.68. The van der Waals surface area contributed by atoms with Crippen molar-refractivity contribution in [1.82, 2.24) is 14.7 Å².